The van der Waals surface area contributed by atoms with Gasteiger partial charge in [0.05, 0.1) is 30.4 Å². The van der Waals surface area contributed by atoms with Crippen LogP contribution in [0.25, 0.3) is 11.1 Å². The van der Waals surface area contributed by atoms with Crippen LogP contribution in [-0.2, 0) is 9.53 Å². The first kappa shape index (κ1) is 26.2. The summed E-state index contributed by atoms with van der Waals surface area (Å²) in [6, 6.07) is 9.42. The zero-order valence-corrected chi connectivity index (χ0v) is 22.3. The van der Waals surface area contributed by atoms with E-state index in [1.54, 1.807) is 12.4 Å². The molecule has 1 aromatic carbocycles. The number of pyridine rings is 1. The summed E-state index contributed by atoms with van der Waals surface area (Å²) in [6.07, 6.45) is 9.36. The number of aliphatic hydroxyl groups is 1. The molecule has 0 radical (unpaired) electrons. The minimum Gasteiger partial charge on any atom is -0.493 e. The minimum absolute atomic E-state index is 0.0469. The summed E-state index contributed by atoms with van der Waals surface area (Å²) in [5.74, 6) is 0.295. The number of aromatic nitrogens is 1. The zero-order chi connectivity index (χ0) is 26.8. The van der Waals surface area contributed by atoms with E-state index < -0.39 is 12.2 Å². The summed E-state index contributed by atoms with van der Waals surface area (Å²) in [6.45, 7) is 1.30. The van der Waals surface area contributed by atoms with Crippen LogP contribution in [-0.4, -0.2) is 82.9 Å². The molecule has 39 heavy (non-hydrogen) atoms. The Labute approximate surface area is 229 Å². The minimum atomic E-state index is -0.605. The van der Waals surface area contributed by atoms with Crippen molar-refractivity contribution in [2.24, 2.45) is 0 Å². The van der Waals surface area contributed by atoms with Crippen LogP contribution in [0.5, 0.6) is 5.75 Å². The van der Waals surface area contributed by atoms with Crippen molar-refractivity contribution in [3.05, 3.63) is 48.3 Å². The fourth-order valence-corrected chi connectivity index (χ4v) is 6.64. The van der Waals surface area contributed by atoms with E-state index in [0.29, 0.717) is 49.8 Å². The Bertz CT molecular complexity index is 1170. The van der Waals surface area contributed by atoms with Crippen molar-refractivity contribution in [2.45, 2.75) is 87.8 Å². The van der Waals surface area contributed by atoms with Crippen LogP contribution in [0.3, 0.4) is 0 Å². The smallest absolute Gasteiger partial charge is 0.255 e. The van der Waals surface area contributed by atoms with Crippen molar-refractivity contribution in [2.75, 3.05) is 19.7 Å². The Morgan fingerprint density at radius 3 is 2.62 bits per heavy atom. The number of ether oxygens (including phenoxy) is 2. The van der Waals surface area contributed by atoms with Gasteiger partial charge in [-0.15, -0.1) is 0 Å². The van der Waals surface area contributed by atoms with Gasteiger partial charge in [0.1, 0.15) is 11.9 Å². The molecular weight excluding hydrogens is 496 g/mol. The van der Waals surface area contributed by atoms with Gasteiger partial charge in [-0.3, -0.25) is 19.5 Å². The number of benzene rings is 1. The Morgan fingerprint density at radius 2 is 1.79 bits per heavy atom. The van der Waals surface area contributed by atoms with E-state index in [0.717, 1.165) is 30.4 Å². The van der Waals surface area contributed by atoms with Gasteiger partial charge in [0, 0.05) is 44.0 Å². The van der Waals surface area contributed by atoms with Crippen molar-refractivity contribution in [3.8, 4) is 16.9 Å². The normalized spacial score (nSPS) is 30.7. The van der Waals surface area contributed by atoms with E-state index >= 15 is 0 Å². The van der Waals surface area contributed by atoms with E-state index in [4.69, 9.17) is 9.47 Å². The fraction of sp³-hybridized carbons (Fsp3) is 0.567. The van der Waals surface area contributed by atoms with Crippen molar-refractivity contribution in [1.29, 1.82) is 0 Å². The van der Waals surface area contributed by atoms with E-state index in [9.17, 15) is 14.7 Å². The monoisotopic (exact) mass is 534 g/mol. The number of carbonyl (C=O) groups excluding carboxylic acids is 2. The number of hydrogen-bond acceptors (Lipinski definition) is 7. The highest BCUT2D eigenvalue weighted by atomic mass is 16.5. The van der Waals surface area contributed by atoms with E-state index in [-0.39, 0.29) is 36.5 Å². The molecule has 4 aliphatic rings. The third kappa shape index (κ3) is 5.81. The number of fused-ring (bicyclic) bond motifs is 5. The highest BCUT2D eigenvalue weighted by molar-refractivity contribution is 5.98. The fourth-order valence-electron chi connectivity index (χ4n) is 6.64. The van der Waals surface area contributed by atoms with Crippen molar-refractivity contribution in [3.63, 3.8) is 0 Å². The van der Waals surface area contributed by atoms with Gasteiger partial charge in [-0.05, 0) is 67.5 Å². The number of aliphatic hydroxyl groups excluding tert-OH is 1. The quantitative estimate of drug-likeness (QED) is 0.543. The Morgan fingerprint density at radius 1 is 0.974 bits per heavy atom. The van der Waals surface area contributed by atoms with Crippen molar-refractivity contribution < 1.29 is 24.2 Å². The second-order valence-electron chi connectivity index (χ2n) is 11.3. The molecule has 4 heterocycles. The van der Waals surface area contributed by atoms with Gasteiger partial charge in [-0.1, -0.05) is 18.9 Å². The van der Waals surface area contributed by atoms with Crippen LogP contribution in [0.15, 0.2) is 42.7 Å². The van der Waals surface area contributed by atoms with Crippen LogP contribution in [0.1, 0.15) is 61.7 Å². The summed E-state index contributed by atoms with van der Waals surface area (Å²) in [7, 11) is 0. The Hall–Kier alpha value is -3.01. The van der Waals surface area contributed by atoms with Gasteiger partial charge in [0.2, 0.25) is 5.91 Å². The third-order valence-electron chi connectivity index (χ3n) is 8.77. The third-order valence-corrected chi connectivity index (χ3v) is 8.77. The SMILES string of the molecule is O=C1N[C@H]2C[C@@H](C(=O)NC[C@H]3O[C@H](CCOc4cc(-c5ccncc5)ccc41)CC[C@@H]3O)N(C1CCCC1)C2. The molecule has 2 amide bonds. The number of rotatable bonds is 2. The average Bonchev–Trinajstić information content (AvgIpc) is 3.63. The molecular formula is C30H38N4O5. The van der Waals surface area contributed by atoms with Gasteiger partial charge in [0.15, 0.2) is 0 Å². The van der Waals surface area contributed by atoms with Crippen LogP contribution < -0.4 is 15.4 Å². The molecule has 9 heteroatoms. The summed E-state index contributed by atoms with van der Waals surface area (Å²) in [5.41, 5.74) is 2.42. The maximum atomic E-state index is 13.6. The van der Waals surface area contributed by atoms with Crippen LogP contribution >= 0.6 is 0 Å². The molecule has 5 atom stereocenters. The van der Waals surface area contributed by atoms with E-state index in [2.05, 4.69) is 20.5 Å². The van der Waals surface area contributed by atoms with Gasteiger partial charge in [-0.2, -0.15) is 0 Å². The molecule has 3 aliphatic heterocycles. The first-order chi connectivity index (χ1) is 19.0. The van der Waals surface area contributed by atoms with Gasteiger partial charge < -0.3 is 25.2 Å². The van der Waals surface area contributed by atoms with Gasteiger partial charge >= 0.3 is 0 Å². The predicted molar refractivity (Wildman–Crippen MR) is 145 cm³/mol. The molecule has 2 aromatic rings. The molecule has 0 unspecified atom stereocenters. The molecule has 4 bridgehead atoms. The number of amides is 2. The molecule has 208 valence electrons. The van der Waals surface area contributed by atoms with Gasteiger partial charge in [0.25, 0.3) is 5.91 Å². The highest BCUT2D eigenvalue weighted by Gasteiger charge is 2.42. The molecule has 1 saturated carbocycles. The summed E-state index contributed by atoms with van der Waals surface area (Å²) >= 11 is 0. The lowest BCUT2D eigenvalue weighted by Crippen LogP contribution is -2.51. The summed E-state index contributed by atoms with van der Waals surface area (Å²) in [5, 5.41) is 16.9. The number of likely N-dealkylation sites (tertiary alicyclic amines) is 1. The van der Waals surface area contributed by atoms with Crippen LogP contribution in [0, 0.1) is 0 Å². The molecule has 3 N–H and O–H groups in total. The van der Waals surface area contributed by atoms with E-state index in [1.165, 1.54) is 12.8 Å². The Kier molecular flexibility index (Phi) is 7.81. The zero-order valence-electron chi connectivity index (χ0n) is 22.3. The molecule has 2 saturated heterocycles. The molecule has 1 aliphatic carbocycles. The number of hydrogen-bond donors (Lipinski definition) is 3. The molecule has 6 rings (SSSR count). The molecule has 0 spiro atoms. The number of nitrogens with zero attached hydrogens (tertiary/aromatic N) is 2. The summed E-state index contributed by atoms with van der Waals surface area (Å²) in [4.78, 5) is 33.4. The standard InChI is InChI=1S/C30H38N4O5/c35-26-8-6-23-11-14-38-27-15-20(19-9-12-31-13-10-19)5-7-24(27)29(36)33-21-16-25(30(37)32-17-28(26)39-23)34(18-21)22-3-1-2-4-22/h5,7,9-10,12-13,15,21-23,25-26,28,35H,1-4,6,8,11,14,16-18H2,(H,32,37)(H,33,36)/t21-,23-,25-,26-,28+/m0/s1. The number of carbonyl (C=O) groups is 2. The van der Waals surface area contributed by atoms with Crippen LogP contribution in [0.2, 0.25) is 0 Å². The largest absolute Gasteiger partial charge is 0.493 e. The second kappa shape index (κ2) is 11.6. The van der Waals surface area contributed by atoms with Crippen LogP contribution in [0.4, 0.5) is 0 Å². The first-order valence-corrected chi connectivity index (χ1v) is 14.4. The first-order valence-electron chi connectivity index (χ1n) is 14.4. The summed E-state index contributed by atoms with van der Waals surface area (Å²) < 4.78 is 12.5. The van der Waals surface area contributed by atoms with Gasteiger partial charge in [-0.25, -0.2) is 0 Å². The van der Waals surface area contributed by atoms with Crippen molar-refractivity contribution in [1.82, 2.24) is 20.5 Å². The lowest BCUT2D eigenvalue weighted by Gasteiger charge is -2.35. The topological polar surface area (TPSA) is 113 Å². The average molecular weight is 535 g/mol. The number of nitrogens with one attached hydrogen (secondary N) is 2. The molecule has 9 nitrogen and oxygen atoms in total. The maximum absolute atomic E-state index is 13.6. The Balaban J connectivity index is 1.29. The molecule has 3 fully saturated rings. The lowest BCUT2D eigenvalue weighted by molar-refractivity contribution is -0.134. The predicted octanol–water partition coefficient (Wildman–Crippen LogP) is 2.67. The lowest BCUT2D eigenvalue weighted by atomic mass is 9.99. The molecule has 1 aromatic heterocycles. The maximum Gasteiger partial charge on any atom is 0.255 e. The second-order valence-corrected chi connectivity index (χ2v) is 11.3. The van der Waals surface area contributed by atoms with E-state index in [1.807, 2.05) is 30.3 Å². The van der Waals surface area contributed by atoms with Crippen molar-refractivity contribution >= 4 is 11.8 Å². The highest BCUT2D eigenvalue weighted by Crippen LogP contribution is 2.32.